The summed E-state index contributed by atoms with van der Waals surface area (Å²) < 4.78 is 62.9. The lowest BCUT2D eigenvalue weighted by Gasteiger charge is -2.36. The van der Waals surface area contributed by atoms with Crippen LogP contribution in [-0.4, -0.2) is 119 Å². The van der Waals surface area contributed by atoms with Gasteiger partial charge in [0, 0.05) is 73.8 Å². The maximum atomic E-state index is 14.4. The Balaban J connectivity index is 0.746. The predicted molar refractivity (Wildman–Crippen MR) is 302 cm³/mol. The van der Waals surface area contributed by atoms with Crippen molar-refractivity contribution in [3.05, 3.63) is 147 Å². The van der Waals surface area contributed by atoms with E-state index in [1.165, 1.54) is 46.7 Å². The number of β-amino-alcohol motifs (C(OH)–C–C–N with tert-alkyl or cyclic N) is 1. The molecular weight excluding hydrogens is 1200 g/mol. The quantitative estimate of drug-likeness (QED) is 0.0175. The molecule has 6 aromatic rings. The van der Waals surface area contributed by atoms with E-state index in [1.807, 2.05) is 51.1 Å². The number of thiazole rings is 1. The average molecular weight is 1250 g/mol. The second-order valence-electron chi connectivity index (χ2n) is 19.0. The first-order valence-electron chi connectivity index (χ1n) is 25.5. The van der Waals surface area contributed by atoms with Gasteiger partial charge < -0.3 is 55.1 Å². The van der Waals surface area contributed by atoms with Gasteiger partial charge in [-0.3, -0.25) is 24.2 Å². The normalized spacial score (nSPS) is 16.3. The smallest absolute Gasteiger partial charge is 0.417 e. The molecule has 422 valence electrons. The zero-order valence-electron chi connectivity index (χ0n) is 43.6. The molecule has 6 amide bonds. The molecule has 0 aliphatic carbocycles. The van der Waals surface area contributed by atoms with Gasteiger partial charge in [0.15, 0.2) is 0 Å². The van der Waals surface area contributed by atoms with Gasteiger partial charge in [0.2, 0.25) is 11.8 Å². The van der Waals surface area contributed by atoms with Crippen LogP contribution in [0.5, 0.6) is 17.2 Å². The van der Waals surface area contributed by atoms with Crippen LogP contribution in [0.25, 0.3) is 10.4 Å². The van der Waals surface area contributed by atoms with Crippen molar-refractivity contribution in [3.8, 4) is 27.7 Å². The molecular formula is C56H57ClF3IN8O10S. The molecule has 0 bridgehead atoms. The topological polar surface area (TPSA) is 223 Å². The monoisotopic (exact) mass is 1250 g/mol. The molecule has 2 aromatic heterocycles. The summed E-state index contributed by atoms with van der Waals surface area (Å²) in [5.41, 5.74) is 4.87. The van der Waals surface area contributed by atoms with Gasteiger partial charge in [-0.15, -0.1) is 11.3 Å². The molecule has 1 saturated heterocycles. The third-order valence-electron chi connectivity index (χ3n) is 12.9. The Morgan fingerprint density at radius 3 is 2.34 bits per heavy atom. The number of nitrogens with one attached hydrogen (secondary N) is 4. The number of aryl methyl sites for hydroxylation is 1. The summed E-state index contributed by atoms with van der Waals surface area (Å²) >= 11 is 9.34. The molecule has 0 spiro atoms. The first-order valence-corrected chi connectivity index (χ1v) is 28.0. The molecule has 5 N–H and O–H groups in total. The summed E-state index contributed by atoms with van der Waals surface area (Å²) in [4.78, 5) is 79.8. The summed E-state index contributed by atoms with van der Waals surface area (Å²) in [6.07, 6.45) is -3.61. The number of anilines is 2. The fourth-order valence-electron chi connectivity index (χ4n) is 9.06. The van der Waals surface area contributed by atoms with Crippen molar-refractivity contribution in [1.82, 2.24) is 30.4 Å². The van der Waals surface area contributed by atoms with Crippen molar-refractivity contribution in [3.63, 3.8) is 0 Å². The molecule has 4 atom stereocenters. The number of ether oxygens (including phenoxy) is 4. The molecule has 2 aliphatic rings. The van der Waals surface area contributed by atoms with E-state index in [-0.39, 0.29) is 72.4 Å². The van der Waals surface area contributed by atoms with Crippen LogP contribution in [0.2, 0.25) is 5.02 Å². The van der Waals surface area contributed by atoms with E-state index in [0.29, 0.717) is 60.3 Å². The minimum atomic E-state index is -4.69. The van der Waals surface area contributed by atoms with E-state index in [2.05, 4.69) is 53.8 Å². The molecule has 2 unspecified atom stereocenters. The first kappa shape index (κ1) is 59.2. The molecule has 1 fully saturated rings. The van der Waals surface area contributed by atoms with Gasteiger partial charge in [0.1, 0.15) is 39.1 Å². The summed E-state index contributed by atoms with van der Waals surface area (Å²) in [6.45, 7) is 7.34. The highest BCUT2D eigenvalue weighted by Crippen LogP contribution is 2.42. The summed E-state index contributed by atoms with van der Waals surface area (Å²) in [6, 6.07) is 22.6. The number of urea groups is 1. The van der Waals surface area contributed by atoms with Crippen LogP contribution in [0.15, 0.2) is 109 Å². The number of fused-ring (bicyclic) bond motifs is 1. The summed E-state index contributed by atoms with van der Waals surface area (Å²) in [5, 5.41) is 20.9. The lowest BCUT2D eigenvalue weighted by Crippen LogP contribution is -2.55. The highest BCUT2D eigenvalue weighted by atomic mass is 127. The number of rotatable bonds is 23. The highest BCUT2D eigenvalue weighted by Gasteiger charge is 2.48. The molecule has 24 heteroatoms. The van der Waals surface area contributed by atoms with E-state index in [0.717, 1.165) is 33.8 Å². The van der Waals surface area contributed by atoms with Crippen molar-refractivity contribution in [2.45, 2.75) is 68.6 Å². The van der Waals surface area contributed by atoms with Crippen LogP contribution in [0.3, 0.4) is 0 Å². The van der Waals surface area contributed by atoms with Gasteiger partial charge in [-0.25, -0.2) is 9.78 Å². The number of hydrogen-bond acceptors (Lipinski definition) is 13. The predicted octanol–water partition coefficient (Wildman–Crippen LogP) is 10.0. The van der Waals surface area contributed by atoms with Crippen LogP contribution in [0.4, 0.5) is 29.3 Å². The minimum absolute atomic E-state index is 0.0356. The number of nitrogens with zero attached hydrogens (tertiary/aromatic N) is 4. The van der Waals surface area contributed by atoms with Crippen molar-refractivity contribution >= 4 is 86.6 Å². The van der Waals surface area contributed by atoms with Gasteiger partial charge in [-0.2, -0.15) is 13.2 Å². The Labute approximate surface area is 481 Å². The molecule has 0 radical (unpaired) electrons. The molecule has 18 nitrogen and oxygen atoms in total. The fourth-order valence-corrected chi connectivity index (χ4v) is 11.2. The molecule has 4 heterocycles. The first-order chi connectivity index (χ1) is 38.4. The molecule has 2 aliphatic heterocycles. The lowest BCUT2D eigenvalue weighted by atomic mass is 10.00. The van der Waals surface area contributed by atoms with Crippen LogP contribution in [-0.2, 0) is 31.8 Å². The number of aliphatic hydroxyl groups is 1. The van der Waals surface area contributed by atoms with Crippen LogP contribution in [0, 0.1) is 12.8 Å². The third kappa shape index (κ3) is 14.9. The summed E-state index contributed by atoms with van der Waals surface area (Å²) in [5.74, 6) is -0.558. The number of carbonyl (C=O) groups is 5. The number of aliphatic hydroxyl groups excluding tert-OH is 1. The number of likely N-dealkylation sites (tertiary alicyclic amines) is 1. The standard InChI is InChI=1S/C56H57ClF3IN8O10S/c1-32(2)48(69-50(61)41-7-4-5-8-42(41)53(69)73)54(74)68-30-38(70)27-46(68)52(72)64-29-35-10-9-34(49-33(3)65-31-80-49)25-47(35)78-21-6-20-76-23-24-77-22-19-63-51(71)45-28-40(17-18-62-45)79-39-14-11-36(12-15-39)66-55(75)67-37-13-16-44(57)43(26-37)56(58,59)60/h4-5,7-18,25-26,28,31-32,38,46,48,50,70H,6,19-24,27,29-30H2,1-3H3,(H,63,71)(H,64,72)(H2,66,67,75)/t38-,46+,48?,50?/m1/s1. The van der Waals surface area contributed by atoms with Gasteiger partial charge in [-0.05, 0) is 84.6 Å². The largest absolute Gasteiger partial charge is 0.493 e. The average Bonchev–Trinajstić information content (AvgIpc) is 4.17. The Morgan fingerprint density at radius 2 is 1.61 bits per heavy atom. The second-order valence-corrected chi connectivity index (χ2v) is 21.4. The Hall–Kier alpha value is -6.90. The maximum Gasteiger partial charge on any atom is 0.417 e. The van der Waals surface area contributed by atoms with Crippen molar-refractivity contribution in [2.24, 2.45) is 5.92 Å². The van der Waals surface area contributed by atoms with Gasteiger partial charge >= 0.3 is 12.2 Å². The Morgan fingerprint density at radius 1 is 0.875 bits per heavy atom. The van der Waals surface area contributed by atoms with E-state index in [9.17, 15) is 42.3 Å². The third-order valence-corrected chi connectivity index (χ3v) is 15.5. The molecule has 0 saturated carbocycles. The highest BCUT2D eigenvalue weighted by molar-refractivity contribution is 14.1. The number of aromatic nitrogens is 2. The molecule has 80 heavy (non-hydrogen) atoms. The Bertz CT molecular complexity index is 3190. The van der Waals surface area contributed by atoms with E-state index in [4.69, 9.17) is 30.5 Å². The number of hydrogen-bond donors (Lipinski definition) is 5. The van der Waals surface area contributed by atoms with Crippen molar-refractivity contribution in [2.75, 3.05) is 56.8 Å². The number of carbonyl (C=O) groups excluding carboxylic acids is 5. The van der Waals surface area contributed by atoms with Crippen molar-refractivity contribution in [1.29, 1.82) is 0 Å². The SMILES string of the molecule is Cc1ncsc1-c1ccc(CNC(=O)[C@@H]2C[C@@H](O)CN2C(=O)C(C(C)C)N2C(=O)c3ccccc3C2I)c(OCCCOCCOCCNC(=O)c2cc(Oc3ccc(NC(=O)Nc4ccc(Cl)c(C(F)(F)F)c4)cc3)ccn2)c1. The molecule has 8 rings (SSSR count). The van der Waals surface area contributed by atoms with Gasteiger partial charge in [0.05, 0.1) is 59.2 Å². The van der Waals surface area contributed by atoms with Gasteiger partial charge in [0.25, 0.3) is 11.8 Å². The van der Waals surface area contributed by atoms with Crippen LogP contribution >= 0.6 is 45.5 Å². The maximum absolute atomic E-state index is 14.4. The van der Waals surface area contributed by atoms with E-state index < -0.39 is 52.8 Å². The zero-order valence-corrected chi connectivity index (χ0v) is 47.3. The van der Waals surface area contributed by atoms with E-state index >= 15 is 0 Å². The van der Waals surface area contributed by atoms with Crippen LogP contribution < -0.4 is 30.7 Å². The number of halogens is 5. The van der Waals surface area contributed by atoms with E-state index in [1.54, 1.807) is 40.7 Å². The van der Waals surface area contributed by atoms with Crippen molar-refractivity contribution < 1.29 is 61.2 Å². The minimum Gasteiger partial charge on any atom is -0.493 e. The summed E-state index contributed by atoms with van der Waals surface area (Å²) in [7, 11) is 0. The number of pyridine rings is 1. The number of amides is 6. The molecule has 4 aromatic carbocycles. The lowest BCUT2D eigenvalue weighted by molar-refractivity contribution is -0.143. The number of benzene rings is 4. The second kappa shape index (κ2) is 27.0. The fraction of sp³-hybridized carbons (Fsp3) is 0.339. The van der Waals surface area contributed by atoms with Gasteiger partial charge in [-0.1, -0.05) is 78.4 Å². The van der Waals surface area contributed by atoms with Crippen LogP contribution in [0.1, 0.15) is 74.0 Å². The number of alkyl halides is 4. The Kier molecular flexibility index (Phi) is 20.0. The zero-order chi connectivity index (χ0) is 57.1.